The number of nitrogens with one attached hydrogen (secondary N) is 1. The number of hydrazine groups is 1. The van der Waals surface area contributed by atoms with Crippen molar-refractivity contribution in [2.45, 2.75) is 39.2 Å². The van der Waals surface area contributed by atoms with Crippen LogP contribution in [0.4, 0.5) is 0 Å². The van der Waals surface area contributed by atoms with Gasteiger partial charge in [0.25, 0.3) is 0 Å². The van der Waals surface area contributed by atoms with Gasteiger partial charge in [-0.15, -0.1) is 0 Å². The lowest BCUT2D eigenvalue weighted by atomic mass is 10.2. The molecular formula is C12H26N4O. The minimum absolute atomic E-state index is 0.0664. The van der Waals surface area contributed by atoms with E-state index in [0.29, 0.717) is 12.5 Å². The van der Waals surface area contributed by atoms with E-state index in [1.807, 2.05) is 0 Å². The number of nitrogens with zero attached hydrogens (tertiary/aromatic N) is 2. The fraction of sp³-hybridized carbons (Fsp3) is 0.917. The number of amides is 1. The highest BCUT2D eigenvalue weighted by molar-refractivity contribution is 5.75. The van der Waals surface area contributed by atoms with E-state index < -0.39 is 0 Å². The van der Waals surface area contributed by atoms with Gasteiger partial charge in [-0.25, -0.2) is 5.84 Å². The fourth-order valence-electron chi connectivity index (χ4n) is 2.22. The maximum Gasteiger partial charge on any atom is 0.233 e. The molecule has 1 saturated heterocycles. The monoisotopic (exact) mass is 242 g/mol. The van der Waals surface area contributed by atoms with E-state index in [1.165, 1.54) is 6.42 Å². The van der Waals surface area contributed by atoms with E-state index >= 15 is 0 Å². The summed E-state index contributed by atoms with van der Waals surface area (Å²) in [5.41, 5.74) is 2.17. The van der Waals surface area contributed by atoms with Gasteiger partial charge >= 0.3 is 0 Å². The Morgan fingerprint density at radius 2 is 2.00 bits per heavy atom. The van der Waals surface area contributed by atoms with Crippen molar-refractivity contribution in [3.63, 3.8) is 0 Å². The Balaban J connectivity index is 2.13. The summed E-state index contributed by atoms with van der Waals surface area (Å²) in [5.74, 6) is 4.97. The summed E-state index contributed by atoms with van der Waals surface area (Å²) in [6.45, 7) is 10.1. The Hall–Kier alpha value is -0.650. The quantitative estimate of drug-likeness (QED) is 0.396. The van der Waals surface area contributed by atoms with Crippen molar-refractivity contribution in [1.29, 1.82) is 0 Å². The summed E-state index contributed by atoms with van der Waals surface area (Å²) in [6.07, 6.45) is 2.64. The van der Waals surface area contributed by atoms with E-state index in [9.17, 15) is 4.79 Å². The number of carbonyl (C=O) groups is 1. The third kappa shape index (κ3) is 5.02. The van der Waals surface area contributed by atoms with Gasteiger partial charge in [-0.05, 0) is 26.3 Å². The fourth-order valence-corrected chi connectivity index (χ4v) is 2.22. The molecule has 1 fully saturated rings. The largest absolute Gasteiger partial charge is 0.301 e. The molecule has 17 heavy (non-hydrogen) atoms. The number of rotatable bonds is 6. The molecule has 0 aromatic carbocycles. The molecule has 1 amide bonds. The first-order chi connectivity index (χ1) is 8.17. The first-order valence-corrected chi connectivity index (χ1v) is 6.63. The Labute approximate surface area is 104 Å². The second kappa shape index (κ2) is 7.63. The van der Waals surface area contributed by atoms with E-state index in [1.54, 1.807) is 0 Å². The zero-order valence-corrected chi connectivity index (χ0v) is 11.1. The highest BCUT2D eigenvalue weighted by Crippen LogP contribution is 2.09. The molecule has 1 heterocycles. The van der Waals surface area contributed by atoms with Gasteiger partial charge in [-0.3, -0.25) is 15.1 Å². The minimum atomic E-state index is -0.0664. The van der Waals surface area contributed by atoms with Crippen LogP contribution in [0.1, 0.15) is 33.1 Å². The Kier molecular flexibility index (Phi) is 6.47. The van der Waals surface area contributed by atoms with E-state index in [4.69, 9.17) is 5.84 Å². The Morgan fingerprint density at radius 3 is 2.53 bits per heavy atom. The van der Waals surface area contributed by atoms with Crippen molar-refractivity contribution in [1.82, 2.24) is 15.2 Å². The summed E-state index contributed by atoms with van der Waals surface area (Å²) in [5, 5.41) is 0. The molecule has 0 aromatic rings. The summed E-state index contributed by atoms with van der Waals surface area (Å²) in [6, 6.07) is 0.695. The molecule has 3 N–H and O–H groups in total. The molecule has 1 atom stereocenters. The molecule has 5 nitrogen and oxygen atoms in total. The number of nitrogens with two attached hydrogens (primary N) is 1. The standard InChI is InChI=1S/C12H26N4O/c1-3-11(2)16-9-7-15(8-10-16)6-4-5-12(17)14-13/h11H,3-10,13H2,1-2H3,(H,14,17). The molecule has 1 unspecified atom stereocenters. The van der Waals surface area contributed by atoms with Crippen LogP contribution in [0.25, 0.3) is 0 Å². The Bertz CT molecular complexity index is 227. The zero-order chi connectivity index (χ0) is 12.7. The molecular weight excluding hydrogens is 216 g/mol. The van der Waals surface area contributed by atoms with Crippen LogP contribution in [-0.2, 0) is 4.79 Å². The van der Waals surface area contributed by atoms with Crippen LogP contribution < -0.4 is 11.3 Å². The summed E-state index contributed by atoms with van der Waals surface area (Å²) in [7, 11) is 0. The van der Waals surface area contributed by atoms with E-state index in [-0.39, 0.29) is 5.91 Å². The van der Waals surface area contributed by atoms with Gasteiger partial charge in [-0.1, -0.05) is 6.92 Å². The molecule has 1 rings (SSSR count). The van der Waals surface area contributed by atoms with Crippen LogP contribution in [0.3, 0.4) is 0 Å². The van der Waals surface area contributed by atoms with Crippen LogP contribution in [0.15, 0.2) is 0 Å². The van der Waals surface area contributed by atoms with Crippen molar-refractivity contribution >= 4 is 5.91 Å². The van der Waals surface area contributed by atoms with Gasteiger partial charge < -0.3 is 4.90 Å². The average Bonchev–Trinajstić information content (AvgIpc) is 2.38. The number of piperazine rings is 1. The lowest BCUT2D eigenvalue weighted by Gasteiger charge is -2.37. The highest BCUT2D eigenvalue weighted by Gasteiger charge is 2.19. The summed E-state index contributed by atoms with van der Waals surface area (Å²) < 4.78 is 0. The number of carbonyl (C=O) groups excluding carboxylic acids is 1. The molecule has 1 aliphatic rings. The molecule has 100 valence electrons. The normalized spacial score (nSPS) is 20.2. The van der Waals surface area contributed by atoms with Crippen molar-refractivity contribution in [3.05, 3.63) is 0 Å². The minimum Gasteiger partial charge on any atom is -0.301 e. The maximum absolute atomic E-state index is 11.0. The van der Waals surface area contributed by atoms with Crippen LogP contribution in [0.5, 0.6) is 0 Å². The third-order valence-electron chi connectivity index (χ3n) is 3.66. The molecule has 0 aromatic heterocycles. The second-order valence-electron chi connectivity index (χ2n) is 4.81. The van der Waals surface area contributed by atoms with Crippen LogP contribution in [0.2, 0.25) is 0 Å². The van der Waals surface area contributed by atoms with Gasteiger partial charge in [0.1, 0.15) is 0 Å². The summed E-state index contributed by atoms with van der Waals surface area (Å²) >= 11 is 0. The van der Waals surface area contributed by atoms with Crippen LogP contribution in [-0.4, -0.2) is 54.5 Å². The zero-order valence-electron chi connectivity index (χ0n) is 11.1. The average molecular weight is 242 g/mol. The highest BCUT2D eigenvalue weighted by atomic mass is 16.2. The van der Waals surface area contributed by atoms with Gasteiger partial charge in [0.05, 0.1) is 0 Å². The predicted octanol–water partition coefficient (Wildman–Crippen LogP) is 0.173. The van der Waals surface area contributed by atoms with Gasteiger partial charge in [0, 0.05) is 38.6 Å². The topological polar surface area (TPSA) is 61.6 Å². The first-order valence-electron chi connectivity index (χ1n) is 6.63. The summed E-state index contributed by atoms with van der Waals surface area (Å²) in [4.78, 5) is 15.9. The molecule has 1 aliphatic heterocycles. The first kappa shape index (κ1) is 14.4. The lowest BCUT2D eigenvalue weighted by molar-refractivity contribution is -0.121. The molecule has 0 saturated carbocycles. The van der Waals surface area contributed by atoms with Crippen molar-refractivity contribution in [3.8, 4) is 0 Å². The van der Waals surface area contributed by atoms with Crippen molar-refractivity contribution < 1.29 is 4.79 Å². The van der Waals surface area contributed by atoms with E-state index in [2.05, 4.69) is 29.1 Å². The van der Waals surface area contributed by atoms with Gasteiger partial charge in [0.15, 0.2) is 0 Å². The SMILES string of the molecule is CCC(C)N1CCN(CCCC(=O)NN)CC1. The Morgan fingerprint density at radius 1 is 1.35 bits per heavy atom. The lowest BCUT2D eigenvalue weighted by Crippen LogP contribution is -2.49. The second-order valence-corrected chi connectivity index (χ2v) is 4.81. The van der Waals surface area contributed by atoms with Crippen molar-refractivity contribution in [2.24, 2.45) is 5.84 Å². The molecule has 0 bridgehead atoms. The molecule has 0 radical (unpaired) electrons. The maximum atomic E-state index is 11.0. The predicted molar refractivity (Wildman–Crippen MR) is 69.3 cm³/mol. The smallest absolute Gasteiger partial charge is 0.233 e. The number of hydrogen-bond donors (Lipinski definition) is 2. The number of hydrogen-bond acceptors (Lipinski definition) is 4. The molecule has 0 spiro atoms. The third-order valence-corrected chi connectivity index (χ3v) is 3.66. The van der Waals surface area contributed by atoms with Crippen LogP contribution in [0, 0.1) is 0 Å². The molecule has 5 heteroatoms. The van der Waals surface area contributed by atoms with Crippen molar-refractivity contribution in [2.75, 3.05) is 32.7 Å². The van der Waals surface area contributed by atoms with Gasteiger partial charge in [-0.2, -0.15) is 0 Å². The van der Waals surface area contributed by atoms with Gasteiger partial charge in [0.2, 0.25) is 5.91 Å². The van der Waals surface area contributed by atoms with E-state index in [0.717, 1.165) is 39.1 Å². The molecule has 0 aliphatic carbocycles. The van der Waals surface area contributed by atoms with Crippen LogP contribution >= 0.6 is 0 Å².